The SMILES string of the molecule is C=C(C=CC=C(COCCO)[C@H]1CC[C@]2([C@@H]1O)[C@@H](CCCO)C(=C(C)C=O)CC[C@]2(O)CCNC)[C@@H]1CC=C(C)CN[C@H](C)Cc2cccc(c2)C1. The van der Waals surface area contributed by atoms with Crippen molar-refractivity contribution >= 4 is 6.29 Å². The molecular formula is C44H66N2O6. The Labute approximate surface area is 312 Å². The van der Waals surface area contributed by atoms with E-state index in [-0.39, 0.29) is 44.2 Å². The Kier molecular flexibility index (Phi) is 16.3. The van der Waals surface area contributed by atoms with Crippen LogP contribution >= 0.6 is 0 Å². The summed E-state index contributed by atoms with van der Waals surface area (Å²) in [7, 11) is 1.87. The Morgan fingerprint density at radius 1 is 1.17 bits per heavy atom. The maximum atomic E-state index is 12.6. The number of hydrogen-bond donors (Lipinski definition) is 6. The number of fused-ring (bicyclic) bond motifs is 2. The van der Waals surface area contributed by atoms with Crippen LogP contribution in [0.25, 0.3) is 0 Å². The molecule has 4 rings (SSSR count). The minimum atomic E-state index is -1.16. The highest BCUT2D eigenvalue weighted by molar-refractivity contribution is 5.74. The van der Waals surface area contributed by atoms with Crippen molar-refractivity contribution in [2.45, 2.75) is 103 Å². The van der Waals surface area contributed by atoms with E-state index in [0.29, 0.717) is 63.1 Å². The van der Waals surface area contributed by atoms with E-state index in [0.717, 1.165) is 48.8 Å². The van der Waals surface area contributed by atoms with Gasteiger partial charge in [0.15, 0.2) is 0 Å². The van der Waals surface area contributed by atoms with Crippen LogP contribution in [-0.4, -0.2) is 91.0 Å². The molecule has 52 heavy (non-hydrogen) atoms. The van der Waals surface area contributed by atoms with Gasteiger partial charge in [-0.3, -0.25) is 4.79 Å². The molecule has 0 saturated heterocycles. The lowest BCUT2D eigenvalue weighted by atomic mass is 9.51. The number of aliphatic hydroxyl groups excluding tert-OH is 3. The van der Waals surface area contributed by atoms with Crippen LogP contribution in [0.15, 0.2) is 83.0 Å². The Morgan fingerprint density at radius 3 is 2.65 bits per heavy atom. The van der Waals surface area contributed by atoms with Gasteiger partial charge in [0, 0.05) is 30.5 Å². The summed E-state index contributed by atoms with van der Waals surface area (Å²) in [6.07, 6.45) is 15.0. The number of aliphatic hydroxyl groups is 4. The van der Waals surface area contributed by atoms with E-state index in [2.05, 4.69) is 67.5 Å². The van der Waals surface area contributed by atoms with Gasteiger partial charge in [-0.05, 0) is 133 Å². The summed E-state index contributed by atoms with van der Waals surface area (Å²) in [6, 6.07) is 9.28. The van der Waals surface area contributed by atoms with Crippen LogP contribution in [-0.2, 0) is 22.4 Å². The molecule has 8 heteroatoms. The lowest BCUT2D eigenvalue weighted by molar-refractivity contribution is -0.180. The molecule has 288 valence electrons. The number of hydrogen-bond acceptors (Lipinski definition) is 8. The average molecular weight is 719 g/mol. The van der Waals surface area contributed by atoms with Crippen LogP contribution in [0.3, 0.4) is 0 Å². The highest BCUT2D eigenvalue weighted by atomic mass is 16.5. The first kappa shape index (κ1) is 42.1. The minimum Gasteiger partial charge on any atom is -0.396 e. The van der Waals surface area contributed by atoms with Gasteiger partial charge in [0.05, 0.1) is 31.5 Å². The second-order valence-electron chi connectivity index (χ2n) is 15.7. The average Bonchev–Trinajstić information content (AvgIpc) is 3.48. The molecule has 0 radical (unpaired) electrons. The van der Waals surface area contributed by atoms with Gasteiger partial charge in [0.2, 0.25) is 0 Å². The number of carbonyl (C=O) groups excluding carboxylic acids is 1. The van der Waals surface area contributed by atoms with Gasteiger partial charge in [-0.25, -0.2) is 0 Å². The molecule has 2 fully saturated rings. The van der Waals surface area contributed by atoms with Gasteiger partial charge in [-0.2, -0.15) is 0 Å². The van der Waals surface area contributed by atoms with E-state index < -0.39 is 17.1 Å². The molecule has 1 aromatic rings. The molecule has 1 aromatic carbocycles. The van der Waals surface area contributed by atoms with Gasteiger partial charge < -0.3 is 35.8 Å². The number of carbonyl (C=O) groups is 1. The highest BCUT2D eigenvalue weighted by Gasteiger charge is 2.65. The zero-order valence-electron chi connectivity index (χ0n) is 32.2. The molecule has 8 nitrogen and oxygen atoms in total. The lowest BCUT2D eigenvalue weighted by Crippen LogP contribution is -2.61. The molecule has 1 aliphatic heterocycles. The van der Waals surface area contributed by atoms with Crippen LogP contribution in [0.4, 0.5) is 0 Å². The van der Waals surface area contributed by atoms with E-state index in [1.807, 2.05) is 26.1 Å². The third kappa shape index (κ3) is 10.1. The molecule has 0 aromatic heterocycles. The Balaban J connectivity index is 1.68. The predicted molar refractivity (Wildman–Crippen MR) is 210 cm³/mol. The summed E-state index contributed by atoms with van der Waals surface area (Å²) < 4.78 is 5.90. The second kappa shape index (κ2) is 20.1. The molecule has 1 heterocycles. The van der Waals surface area contributed by atoms with Crippen molar-refractivity contribution in [3.05, 3.63) is 94.1 Å². The van der Waals surface area contributed by atoms with E-state index >= 15 is 0 Å². The summed E-state index contributed by atoms with van der Waals surface area (Å²) in [5.41, 5.74) is 5.48. The summed E-state index contributed by atoms with van der Waals surface area (Å²) in [6.45, 7) is 12.5. The zero-order valence-corrected chi connectivity index (χ0v) is 32.2. The zero-order chi connectivity index (χ0) is 37.7. The smallest absolute Gasteiger partial charge is 0.145 e. The Morgan fingerprint density at radius 2 is 1.94 bits per heavy atom. The van der Waals surface area contributed by atoms with Gasteiger partial charge in [-0.1, -0.05) is 71.9 Å². The fourth-order valence-corrected chi connectivity index (χ4v) is 9.36. The molecule has 2 bridgehead atoms. The monoisotopic (exact) mass is 718 g/mol. The van der Waals surface area contributed by atoms with E-state index in [1.54, 1.807) is 0 Å². The topological polar surface area (TPSA) is 131 Å². The van der Waals surface area contributed by atoms with Crippen molar-refractivity contribution in [3.63, 3.8) is 0 Å². The largest absolute Gasteiger partial charge is 0.396 e. The van der Waals surface area contributed by atoms with Crippen molar-refractivity contribution in [3.8, 4) is 0 Å². The third-order valence-electron chi connectivity index (χ3n) is 12.2. The first-order valence-electron chi connectivity index (χ1n) is 19.6. The normalized spacial score (nSPS) is 31.3. The predicted octanol–water partition coefficient (Wildman–Crippen LogP) is 5.56. The third-order valence-corrected chi connectivity index (χ3v) is 12.2. The summed E-state index contributed by atoms with van der Waals surface area (Å²) in [5, 5.41) is 51.4. The molecule has 7 atom stereocenters. The van der Waals surface area contributed by atoms with Gasteiger partial charge in [0.25, 0.3) is 0 Å². The number of nitrogens with one attached hydrogen (secondary N) is 2. The molecular weight excluding hydrogens is 652 g/mol. The van der Waals surface area contributed by atoms with E-state index in [9.17, 15) is 25.2 Å². The first-order valence-corrected chi connectivity index (χ1v) is 19.6. The fourth-order valence-electron chi connectivity index (χ4n) is 9.36. The number of rotatable bonds is 15. The van der Waals surface area contributed by atoms with Crippen molar-refractivity contribution in [1.29, 1.82) is 0 Å². The lowest BCUT2D eigenvalue weighted by Gasteiger charge is -2.57. The molecule has 2 saturated carbocycles. The number of benzene rings is 1. The van der Waals surface area contributed by atoms with Crippen LogP contribution < -0.4 is 10.6 Å². The van der Waals surface area contributed by atoms with Gasteiger partial charge in [0.1, 0.15) is 6.29 Å². The second-order valence-corrected chi connectivity index (χ2v) is 15.7. The quantitative estimate of drug-likeness (QED) is 0.0457. The first-order chi connectivity index (χ1) is 25.0. The summed E-state index contributed by atoms with van der Waals surface area (Å²) >= 11 is 0. The van der Waals surface area contributed by atoms with Gasteiger partial charge in [-0.15, -0.1) is 0 Å². The molecule has 0 amide bonds. The standard InChI is InChI=1S/C44H66N2O6/c1-31-14-15-37(27-36-11-7-10-35(26-36)25-34(4)46-28-31)32(2)9-6-12-38(30-52-24-23-48)40-17-19-44(42(40)50)41(13-8-22-47)39(33(3)29-49)16-18-43(44,51)20-21-45-5/h6-7,9-12,14,26,29,34,37,40-42,45-48,50-51H,2,8,13,15-25,27-28,30H2,1,3-5H3/t34-,37-,40-,41+,42-,43+,44-/m1/s1. The minimum absolute atomic E-state index is 0.00117. The maximum absolute atomic E-state index is 12.6. The molecule has 3 aliphatic rings. The van der Waals surface area contributed by atoms with Crippen molar-refractivity contribution in [2.75, 3.05) is 46.6 Å². The van der Waals surface area contributed by atoms with Crippen LogP contribution in [0.2, 0.25) is 0 Å². The number of allylic oxidation sites excluding steroid dienone is 7. The Bertz CT molecular complexity index is 1460. The molecule has 0 unspecified atom stereocenters. The van der Waals surface area contributed by atoms with Crippen molar-refractivity contribution in [1.82, 2.24) is 10.6 Å². The highest BCUT2D eigenvalue weighted by Crippen LogP contribution is 2.64. The summed E-state index contributed by atoms with van der Waals surface area (Å²) in [4.78, 5) is 12.1. The van der Waals surface area contributed by atoms with Crippen LogP contribution in [0.5, 0.6) is 0 Å². The maximum Gasteiger partial charge on any atom is 0.145 e. The van der Waals surface area contributed by atoms with Crippen LogP contribution in [0.1, 0.15) is 83.3 Å². The van der Waals surface area contributed by atoms with E-state index in [1.165, 1.54) is 16.7 Å². The number of ether oxygens (including phenoxy) is 1. The number of aldehydes is 1. The fraction of sp³-hybridized carbons (Fsp3) is 0.614. The molecule has 2 aliphatic carbocycles. The van der Waals surface area contributed by atoms with Gasteiger partial charge >= 0.3 is 0 Å². The van der Waals surface area contributed by atoms with Crippen LogP contribution in [0, 0.1) is 23.2 Å². The van der Waals surface area contributed by atoms with Crippen molar-refractivity contribution in [2.24, 2.45) is 23.2 Å². The van der Waals surface area contributed by atoms with E-state index in [4.69, 9.17) is 4.74 Å². The molecule has 1 spiro atoms. The van der Waals surface area contributed by atoms with Crippen molar-refractivity contribution < 1.29 is 30.0 Å². The Hall–Kier alpha value is -2.69. The summed E-state index contributed by atoms with van der Waals surface area (Å²) in [5.74, 6) is -0.330. The molecule has 6 N–H and O–H groups in total.